The third kappa shape index (κ3) is 14.1. The number of fused-ring (bicyclic) bond motifs is 13. The summed E-state index contributed by atoms with van der Waals surface area (Å²) in [5.41, 5.74) is 31.4. The minimum absolute atomic E-state index is 0.568. The van der Waals surface area contributed by atoms with Crippen molar-refractivity contribution in [2.75, 3.05) is 0 Å². The van der Waals surface area contributed by atoms with Crippen LogP contribution >= 0.6 is 22.7 Å². The smallest absolute Gasteiger partial charge is 0.164 e. The van der Waals surface area contributed by atoms with Crippen LogP contribution in [0.4, 0.5) is 0 Å². The second-order valence-electron chi connectivity index (χ2n) is 34.7. The SMILES string of the molecule is c1ccc(-c2ccc(-c3cc(-c4nc(-c5ccccc5)nc(-c5ccccc5)n4)cc(-c4ccc(-c5cccc(-c6ccc(-c7ccc(-c8cc(-c9nc(-c%10ccccc%10)nc(-c%10ccccc%10)n9)cc(-c9ccc(-c%10ccccc%10)cc9)c8-n8c9ccccc9c9ccc%10sc%11ccccc%11c%10c98)cc7)cc6)c5)cc4)c3-n3c4ccccc4c4cc5c(cc43)sc3ccccc35)cc2)cc1. The Morgan fingerprint density at radius 2 is 0.434 bits per heavy atom. The molecule has 26 aromatic rings. The number of hydrogen-bond acceptors (Lipinski definition) is 8. The van der Waals surface area contributed by atoms with Crippen molar-refractivity contribution >= 4 is 107 Å². The lowest BCUT2D eigenvalue weighted by Gasteiger charge is -2.22. The first kappa shape index (κ1) is 79.4. The maximum absolute atomic E-state index is 5.45. The molecule has 0 N–H and O–H groups in total. The molecular formula is C126H78N8S2. The van der Waals surface area contributed by atoms with E-state index in [9.17, 15) is 0 Å². The molecule has 10 heteroatoms. The quantitative estimate of drug-likeness (QED) is 0.0903. The first-order valence-electron chi connectivity index (χ1n) is 45.9. The second-order valence-corrected chi connectivity index (χ2v) is 36.9. The number of nitrogens with zero attached hydrogens (tertiary/aromatic N) is 8. The van der Waals surface area contributed by atoms with Crippen molar-refractivity contribution in [3.8, 4) is 180 Å². The minimum atomic E-state index is 0.568. The third-order valence-corrected chi connectivity index (χ3v) is 28.9. The van der Waals surface area contributed by atoms with Gasteiger partial charge in [-0.3, -0.25) is 0 Å². The van der Waals surface area contributed by atoms with Gasteiger partial charge in [0.2, 0.25) is 0 Å². The number of hydrogen-bond donors (Lipinski definition) is 0. The van der Waals surface area contributed by atoms with Crippen LogP contribution in [0.2, 0.25) is 0 Å². The Balaban J connectivity index is 0.606. The largest absolute Gasteiger partial charge is 0.308 e. The van der Waals surface area contributed by atoms with Crippen LogP contribution < -0.4 is 0 Å². The van der Waals surface area contributed by atoms with Gasteiger partial charge < -0.3 is 9.13 Å². The second kappa shape index (κ2) is 33.4. The average Bonchev–Trinajstić information content (AvgIpc) is 1.56. The Bertz CT molecular complexity index is 9020. The molecular weight excluding hydrogens is 1690 g/mol. The van der Waals surface area contributed by atoms with Crippen LogP contribution in [0.5, 0.6) is 0 Å². The van der Waals surface area contributed by atoms with Crippen molar-refractivity contribution in [3.05, 3.63) is 473 Å². The standard InChI is InChI=1S/C126H78N8S2/c1-7-28-79(29-8-1)81-54-62-87(63-55-81)104-73-97(125-129-121(91-32-11-3-12-33-91)127-122(130-125)92-34-13-4-14-35-92)74-105(118(104)133-110-46-23-20-43-100(110)108-77-109-101-44-21-25-48-113(101)136-116(109)78-112(108)133)88-68-60-86(61-69-88)96-41-27-40-95(72-96)85-52-50-83(51-53-85)84-58-66-90(67-59-84)107-76-98(126-131-123(93-36-15-5-16-37-93)128-124(132-126)94-38-17-6-18-39-94)75-106(89-64-56-82(57-65-89)80-30-9-2-10-31-80)119(107)134-111-47-24-19-42-99(111)102-70-71-115-117(120(102)134)103-45-22-26-49-114(103)135-115/h1-78H. The van der Waals surface area contributed by atoms with Crippen molar-refractivity contribution in [2.45, 2.75) is 0 Å². The molecule has 0 aliphatic heterocycles. The summed E-state index contributed by atoms with van der Waals surface area (Å²) in [6, 6.07) is 171. The molecule has 20 aromatic carbocycles. The first-order chi connectivity index (χ1) is 67.4. The molecule has 6 heterocycles. The van der Waals surface area contributed by atoms with Gasteiger partial charge in [0.15, 0.2) is 34.9 Å². The lowest BCUT2D eigenvalue weighted by molar-refractivity contribution is 1.07. The van der Waals surface area contributed by atoms with Crippen LogP contribution in [0.25, 0.3) is 264 Å². The molecule has 0 spiro atoms. The van der Waals surface area contributed by atoms with Gasteiger partial charge in [0.25, 0.3) is 0 Å². The number of rotatable bonds is 17. The summed E-state index contributed by atoms with van der Waals surface area (Å²) in [5.74, 6) is 3.52. The molecule has 0 saturated heterocycles. The summed E-state index contributed by atoms with van der Waals surface area (Å²) in [7, 11) is 0. The van der Waals surface area contributed by atoms with Crippen LogP contribution in [0.15, 0.2) is 473 Å². The highest BCUT2D eigenvalue weighted by atomic mass is 32.1. The molecule has 0 amide bonds. The van der Waals surface area contributed by atoms with E-state index in [4.69, 9.17) is 29.9 Å². The van der Waals surface area contributed by atoms with Crippen LogP contribution in [-0.4, -0.2) is 39.0 Å². The van der Waals surface area contributed by atoms with Crippen molar-refractivity contribution in [1.82, 2.24) is 39.0 Å². The zero-order valence-electron chi connectivity index (χ0n) is 73.4. The highest BCUT2D eigenvalue weighted by Crippen LogP contribution is 2.52. The van der Waals surface area contributed by atoms with Crippen LogP contribution in [0.1, 0.15) is 0 Å². The topological polar surface area (TPSA) is 87.2 Å². The van der Waals surface area contributed by atoms with E-state index in [-0.39, 0.29) is 0 Å². The number of para-hydroxylation sites is 2. The molecule has 0 fully saturated rings. The highest BCUT2D eigenvalue weighted by Gasteiger charge is 2.29. The van der Waals surface area contributed by atoms with Gasteiger partial charge in [0.1, 0.15) is 0 Å². The maximum Gasteiger partial charge on any atom is 0.164 e. The van der Waals surface area contributed by atoms with Crippen molar-refractivity contribution < 1.29 is 0 Å². The van der Waals surface area contributed by atoms with Crippen molar-refractivity contribution in [1.29, 1.82) is 0 Å². The van der Waals surface area contributed by atoms with E-state index in [2.05, 4.69) is 410 Å². The van der Waals surface area contributed by atoms with Crippen LogP contribution in [-0.2, 0) is 0 Å². The summed E-state index contributed by atoms with van der Waals surface area (Å²) in [5, 5.41) is 9.72. The Morgan fingerprint density at radius 1 is 0.147 bits per heavy atom. The van der Waals surface area contributed by atoms with Gasteiger partial charge in [-0.1, -0.05) is 400 Å². The van der Waals surface area contributed by atoms with E-state index in [1.807, 2.05) is 95.5 Å². The number of aromatic nitrogens is 8. The van der Waals surface area contributed by atoms with E-state index in [0.29, 0.717) is 34.9 Å². The number of thiophene rings is 2. The predicted octanol–water partition coefficient (Wildman–Crippen LogP) is 34.0. The van der Waals surface area contributed by atoms with Gasteiger partial charge in [-0.2, -0.15) is 0 Å². The zero-order valence-corrected chi connectivity index (χ0v) is 75.1. The summed E-state index contributed by atoms with van der Waals surface area (Å²) >= 11 is 3.69. The highest BCUT2D eigenvalue weighted by molar-refractivity contribution is 7.26. The lowest BCUT2D eigenvalue weighted by atomic mass is 9.90. The fraction of sp³-hybridized carbons (Fsp3) is 0. The van der Waals surface area contributed by atoms with Crippen molar-refractivity contribution in [3.63, 3.8) is 0 Å². The molecule has 26 rings (SSSR count). The normalized spacial score (nSPS) is 11.7. The van der Waals surface area contributed by atoms with E-state index in [1.165, 1.54) is 61.9 Å². The van der Waals surface area contributed by atoms with Gasteiger partial charge in [-0.15, -0.1) is 22.7 Å². The molecule has 0 saturated carbocycles. The number of benzene rings is 20. The fourth-order valence-corrected chi connectivity index (χ4v) is 22.3. The van der Waals surface area contributed by atoms with Crippen LogP contribution in [0.3, 0.4) is 0 Å². The zero-order chi connectivity index (χ0) is 89.7. The molecule has 0 bridgehead atoms. The summed E-state index contributed by atoms with van der Waals surface area (Å²) in [6.45, 7) is 0. The molecule has 8 nitrogen and oxygen atoms in total. The van der Waals surface area contributed by atoms with Crippen molar-refractivity contribution in [2.24, 2.45) is 0 Å². The average molecular weight is 1770 g/mol. The summed E-state index contributed by atoms with van der Waals surface area (Å²) < 4.78 is 10.1. The Labute approximate surface area is 792 Å². The Kier molecular flexibility index (Phi) is 19.5. The fourth-order valence-electron chi connectivity index (χ4n) is 20.1. The van der Waals surface area contributed by atoms with Gasteiger partial charge in [-0.25, -0.2) is 29.9 Å². The van der Waals surface area contributed by atoms with Gasteiger partial charge in [-0.05, 0) is 151 Å². The predicted molar refractivity (Wildman–Crippen MR) is 569 cm³/mol. The minimum Gasteiger partial charge on any atom is -0.308 e. The van der Waals surface area contributed by atoms with E-state index in [1.54, 1.807) is 0 Å². The van der Waals surface area contributed by atoms with Gasteiger partial charge >= 0.3 is 0 Å². The lowest BCUT2D eigenvalue weighted by Crippen LogP contribution is -2.04. The molecule has 0 aliphatic carbocycles. The van der Waals surface area contributed by atoms with E-state index >= 15 is 0 Å². The molecule has 634 valence electrons. The molecule has 0 radical (unpaired) electrons. The Hall–Kier alpha value is -17.5. The summed E-state index contributed by atoms with van der Waals surface area (Å²) in [4.78, 5) is 32.2. The van der Waals surface area contributed by atoms with Gasteiger partial charge in [0, 0.05) is 118 Å². The molecule has 6 aromatic heterocycles. The monoisotopic (exact) mass is 1770 g/mol. The Morgan fingerprint density at radius 3 is 0.838 bits per heavy atom. The van der Waals surface area contributed by atoms with E-state index in [0.717, 1.165) is 167 Å². The molecule has 136 heavy (non-hydrogen) atoms. The maximum atomic E-state index is 5.45. The first-order valence-corrected chi connectivity index (χ1v) is 47.6. The van der Waals surface area contributed by atoms with Crippen LogP contribution in [0, 0.1) is 0 Å². The van der Waals surface area contributed by atoms with Gasteiger partial charge in [0.05, 0.1) is 33.4 Å². The summed E-state index contributed by atoms with van der Waals surface area (Å²) in [6.07, 6.45) is 0. The van der Waals surface area contributed by atoms with E-state index < -0.39 is 0 Å². The molecule has 0 atom stereocenters. The molecule has 0 aliphatic rings. The third-order valence-electron chi connectivity index (χ3n) is 26.7. The molecule has 0 unspecified atom stereocenters.